The topological polar surface area (TPSA) is 59.4 Å². The van der Waals surface area contributed by atoms with E-state index in [0.717, 1.165) is 5.69 Å². The lowest BCUT2D eigenvalue weighted by Crippen LogP contribution is -2.24. The van der Waals surface area contributed by atoms with Crippen molar-refractivity contribution in [2.75, 3.05) is 0 Å². The molecule has 4 heteroatoms. The number of carbonyl (C=O) groups is 1. The Hall–Kier alpha value is -1.58. The predicted molar refractivity (Wildman–Crippen MR) is 61.0 cm³/mol. The molecule has 0 fully saturated rings. The van der Waals surface area contributed by atoms with Crippen molar-refractivity contribution in [2.24, 2.45) is 0 Å². The Bertz CT molecular complexity index is 394. The van der Waals surface area contributed by atoms with Crippen molar-refractivity contribution in [3.63, 3.8) is 0 Å². The molecule has 0 aliphatic rings. The fraction of sp³-hybridized carbons (Fsp3) is 0.500. The van der Waals surface area contributed by atoms with Crippen molar-refractivity contribution < 1.29 is 14.6 Å². The van der Waals surface area contributed by atoms with Gasteiger partial charge in [-0.1, -0.05) is 6.92 Å². The number of rotatable bonds is 3. The number of hydrogen-bond acceptors (Lipinski definition) is 3. The SMILES string of the molecule is CCc1cc(C(=O)O)cc(OC(C)(C)C)n1. The standard InChI is InChI=1S/C12H17NO3/c1-5-9-6-8(11(14)15)7-10(13-9)16-12(2,3)4/h6-7H,5H2,1-4H3,(H,14,15). The lowest BCUT2D eigenvalue weighted by atomic mass is 10.2. The third-order valence-corrected chi connectivity index (χ3v) is 1.87. The van der Waals surface area contributed by atoms with Gasteiger partial charge in [0, 0.05) is 11.8 Å². The largest absolute Gasteiger partial charge is 0.478 e. The molecule has 4 nitrogen and oxygen atoms in total. The van der Waals surface area contributed by atoms with Crippen LogP contribution in [0.1, 0.15) is 43.7 Å². The minimum Gasteiger partial charge on any atom is -0.478 e. The Kier molecular flexibility index (Phi) is 3.52. The average Bonchev–Trinajstić information content (AvgIpc) is 2.14. The summed E-state index contributed by atoms with van der Waals surface area (Å²) in [6, 6.07) is 3.02. The van der Waals surface area contributed by atoms with Gasteiger partial charge in [-0.15, -0.1) is 0 Å². The minimum atomic E-state index is -0.962. The highest BCUT2D eigenvalue weighted by Gasteiger charge is 2.15. The third kappa shape index (κ3) is 3.53. The van der Waals surface area contributed by atoms with Crippen LogP contribution in [0.3, 0.4) is 0 Å². The number of aromatic carboxylic acids is 1. The van der Waals surface area contributed by atoms with Gasteiger partial charge in [0.15, 0.2) is 0 Å². The molecule has 1 N–H and O–H groups in total. The molecule has 0 spiro atoms. The van der Waals surface area contributed by atoms with Gasteiger partial charge < -0.3 is 9.84 Å². The number of aryl methyl sites for hydroxylation is 1. The first-order valence-corrected chi connectivity index (χ1v) is 5.25. The van der Waals surface area contributed by atoms with Crippen LogP contribution in [0, 0.1) is 0 Å². The van der Waals surface area contributed by atoms with Gasteiger partial charge >= 0.3 is 5.97 Å². The molecule has 1 heterocycles. The van der Waals surface area contributed by atoms with Crippen LogP contribution >= 0.6 is 0 Å². The van der Waals surface area contributed by atoms with E-state index in [4.69, 9.17) is 9.84 Å². The van der Waals surface area contributed by atoms with Gasteiger partial charge in [-0.2, -0.15) is 0 Å². The zero-order valence-electron chi connectivity index (χ0n) is 10.1. The maximum absolute atomic E-state index is 10.9. The molecule has 0 saturated carbocycles. The fourth-order valence-electron chi connectivity index (χ4n) is 1.23. The summed E-state index contributed by atoms with van der Waals surface area (Å²) in [5.41, 5.74) is 0.556. The fourth-order valence-corrected chi connectivity index (χ4v) is 1.23. The molecule has 88 valence electrons. The van der Waals surface area contributed by atoms with Crippen LogP contribution in [0.5, 0.6) is 5.88 Å². The molecule has 0 bridgehead atoms. The molecule has 0 amide bonds. The van der Waals surface area contributed by atoms with Gasteiger partial charge in [0.1, 0.15) is 5.60 Å². The molecular formula is C12H17NO3. The second-order valence-corrected chi connectivity index (χ2v) is 4.56. The molecule has 1 aromatic heterocycles. The average molecular weight is 223 g/mol. The normalized spacial score (nSPS) is 11.2. The second-order valence-electron chi connectivity index (χ2n) is 4.56. The maximum Gasteiger partial charge on any atom is 0.335 e. The first kappa shape index (κ1) is 12.5. The molecular weight excluding hydrogens is 206 g/mol. The van der Waals surface area contributed by atoms with Gasteiger partial charge in [-0.05, 0) is 33.3 Å². The summed E-state index contributed by atoms with van der Waals surface area (Å²) < 4.78 is 5.56. The molecule has 0 aliphatic heterocycles. The molecule has 1 aromatic rings. The number of carboxylic acid groups (broad SMARTS) is 1. The third-order valence-electron chi connectivity index (χ3n) is 1.87. The van der Waals surface area contributed by atoms with Gasteiger partial charge in [-0.25, -0.2) is 9.78 Å². The summed E-state index contributed by atoms with van der Waals surface area (Å²) >= 11 is 0. The number of ether oxygens (including phenoxy) is 1. The van der Waals surface area contributed by atoms with Crippen LogP contribution < -0.4 is 4.74 Å². The van der Waals surface area contributed by atoms with Crippen molar-refractivity contribution in [1.29, 1.82) is 0 Å². The van der Waals surface area contributed by atoms with Crippen molar-refractivity contribution >= 4 is 5.97 Å². The van der Waals surface area contributed by atoms with E-state index in [9.17, 15) is 4.79 Å². The number of pyridine rings is 1. The first-order valence-electron chi connectivity index (χ1n) is 5.25. The van der Waals surface area contributed by atoms with E-state index in [2.05, 4.69) is 4.98 Å². The highest BCUT2D eigenvalue weighted by molar-refractivity contribution is 5.88. The Morgan fingerprint density at radius 3 is 2.50 bits per heavy atom. The second kappa shape index (κ2) is 4.51. The summed E-state index contributed by atoms with van der Waals surface area (Å²) in [7, 11) is 0. The first-order chi connectivity index (χ1) is 7.31. The highest BCUT2D eigenvalue weighted by atomic mass is 16.5. The van der Waals surface area contributed by atoms with E-state index in [1.807, 2.05) is 27.7 Å². The summed E-state index contributed by atoms with van der Waals surface area (Å²) in [5, 5.41) is 8.94. The predicted octanol–water partition coefficient (Wildman–Crippen LogP) is 2.52. The molecule has 0 atom stereocenters. The van der Waals surface area contributed by atoms with Crippen molar-refractivity contribution in [1.82, 2.24) is 4.98 Å². The molecule has 0 unspecified atom stereocenters. The summed E-state index contributed by atoms with van der Waals surface area (Å²) in [6.07, 6.45) is 0.682. The quantitative estimate of drug-likeness (QED) is 0.855. The zero-order valence-corrected chi connectivity index (χ0v) is 10.1. The molecule has 0 aliphatic carbocycles. The monoisotopic (exact) mass is 223 g/mol. The van der Waals surface area contributed by atoms with Gasteiger partial charge in [0.05, 0.1) is 5.56 Å². The van der Waals surface area contributed by atoms with E-state index in [0.29, 0.717) is 12.3 Å². The zero-order chi connectivity index (χ0) is 12.3. The van der Waals surface area contributed by atoms with Crippen molar-refractivity contribution in [2.45, 2.75) is 39.7 Å². The number of nitrogens with zero attached hydrogens (tertiary/aromatic N) is 1. The van der Waals surface area contributed by atoms with Gasteiger partial charge in [0.2, 0.25) is 5.88 Å². The molecule has 1 rings (SSSR count). The Morgan fingerprint density at radius 1 is 1.44 bits per heavy atom. The van der Waals surface area contributed by atoms with Crippen LogP contribution in [0.15, 0.2) is 12.1 Å². The smallest absolute Gasteiger partial charge is 0.335 e. The molecule has 0 radical (unpaired) electrons. The van der Waals surface area contributed by atoms with E-state index < -0.39 is 5.97 Å². The summed E-state index contributed by atoms with van der Waals surface area (Å²) in [4.78, 5) is 15.1. The van der Waals surface area contributed by atoms with Crippen LogP contribution in [-0.4, -0.2) is 21.7 Å². The van der Waals surface area contributed by atoms with Crippen molar-refractivity contribution in [3.05, 3.63) is 23.4 Å². The van der Waals surface area contributed by atoms with Crippen LogP contribution in [0.4, 0.5) is 0 Å². The maximum atomic E-state index is 10.9. The number of aromatic nitrogens is 1. The molecule has 16 heavy (non-hydrogen) atoms. The highest BCUT2D eigenvalue weighted by Crippen LogP contribution is 2.18. The van der Waals surface area contributed by atoms with Crippen LogP contribution in [0.25, 0.3) is 0 Å². The summed E-state index contributed by atoms with van der Waals surface area (Å²) in [6.45, 7) is 7.62. The van der Waals surface area contributed by atoms with E-state index >= 15 is 0 Å². The van der Waals surface area contributed by atoms with E-state index in [1.165, 1.54) is 6.07 Å². The van der Waals surface area contributed by atoms with Gasteiger partial charge in [-0.3, -0.25) is 0 Å². The van der Waals surface area contributed by atoms with Crippen molar-refractivity contribution in [3.8, 4) is 5.88 Å². The number of carboxylic acids is 1. The summed E-state index contributed by atoms with van der Waals surface area (Å²) in [5.74, 6) is -0.597. The van der Waals surface area contributed by atoms with Crippen LogP contribution in [0.2, 0.25) is 0 Å². The number of hydrogen-bond donors (Lipinski definition) is 1. The minimum absolute atomic E-state index is 0.214. The van der Waals surface area contributed by atoms with E-state index in [1.54, 1.807) is 6.07 Å². The lowest BCUT2D eigenvalue weighted by molar-refractivity contribution is 0.0693. The van der Waals surface area contributed by atoms with Gasteiger partial charge in [0.25, 0.3) is 0 Å². The Labute approximate surface area is 95.3 Å². The Morgan fingerprint density at radius 2 is 2.06 bits per heavy atom. The Balaban J connectivity index is 3.09. The molecule has 0 aromatic carbocycles. The van der Waals surface area contributed by atoms with Crippen LogP contribution in [-0.2, 0) is 6.42 Å². The van der Waals surface area contributed by atoms with E-state index in [-0.39, 0.29) is 11.2 Å². The molecule has 0 saturated heterocycles. The lowest BCUT2D eigenvalue weighted by Gasteiger charge is -2.20.